The van der Waals surface area contributed by atoms with E-state index in [0.29, 0.717) is 23.5 Å². The third-order valence-electron chi connectivity index (χ3n) is 2.89. The molecule has 1 aromatic carbocycles. The Morgan fingerprint density at radius 1 is 1.45 bits per heavy atom. The molecule has 0 radical (unpaired) electrons. The first kappa shape index (κ1) is 14.4. The molecule has 8 heteroatoms. The number of nitrogens with zero attached hydrogens (tertiary/aromatic N) is 5. The maximum absolute atomic E-state index is 11.0. The first-order valence-corrected chi connectivity index (χ1v) is 6.39. The van der Waals surface area contributed by atoms with E-state index in [4.69, 9.17) is 12.2 Å². The number of nitro groups is 1. The molecule has 0 aliphatic carbocycles. The summed E-state index contributed by atoms with van der Waals surface area (Å²) in [7, 11) is 3.70. The van der Waals surface area contributed by atoms with Gasteiger partial charge in [-0.25, -0.2) is 4.68 Å². The minimum Gasteiger partial charge on any atom is -0.310 e. The molecule has 0 fully saturated rings. The average molecular weight is 293 g/mol. The Balaban J connectivity index is 2.12. The van der Waals surface area contributed by atoms with Crippen molar-refractivity contribution in [1.82, 2.24) is 19.2 Å². The third kappa shape index (κ3) is 3.09. The summed E-state index contributed by atoms with van der Waals surface area (Å²) in [4.78, 5) is 12.5. The topological polar surface area (TPSA) is 69.1 Å². The number of rotatable bonds is 5. The van der Waals surface area contributed by atoms with Crippen LogP contribution in [0.3, 0.4) is 0 Å². The quantitative estimate of drug-likeness (QED) is 0.479. The lowest BCUT2D eigenvalue weighted by atomic mass is 10.2. The van der Waals surface area contributed by atoms with Gasteiger partial charge in [-0.15, -0.1) is 0 Å². The van der Waals surface area contributed by atoms with Crippen LogP contribution in [0, 0.1) is 14.9 Å². The van der Waals surface area contributed by atoms with E-state index in [-0.39, 0.29) is 10.6 Å². The minimum atomic E-state index is -0.365. The summed E-state index contributed by atoms with van der Waals surface area (Å²) in [6.45, 7) is 0.932. The van der Waals surface area contributed by atoms with Gasteiger partial charge < -0.3 is 4.57 Å². The van der Waals surface area contributed by atoms with Gasteiger partial charge in [0.25, 0.3) is 5.69 Å². The number of hydrogen-bond donors (Lipinski definition) is 0. The maximum Gasteiger partial charge on any atom is 0.273 e. The molecule has 0 unspecified atom stereocenters. The second-order valence-electron chi connectivity index (χ2n) is 4.57. The molecule has 0 saturated carbocycles. The normalized spacial score (nSPS) is 10.9. The van der Waals surface area contributed by atoms with E-state index in [2.05, 4.69) is 5.10 Å². The van der Waals surface area contributed by atoms with Crippen molar-refractivity contribution in [3.8, 4) is 0 Å². The van der Waals surface area contributed by atoms with Gasteiger partial charge in [-0.2, -0.15) is 5.10 Å². The fourth-order valence-corrected chi connectivity index (χ4v) is 2.06. The van der Waals surface area contributed by atoms with E-state index in [9.17, 15) is 10.1 Å². The van der Waals surface area contributed by atoms with E-state index < -0.39 is 0 Å². The number of para-hydroxylation sites is 1. The van der Waals surface area contributed by atoms with Crippen LogP contribution < -0.4 is 0 Å². The fraction of sp³-hybridized carbons (Fsp3) is 0.333. The lowest BCUT2D eigenvalue weighted by molar-refractivity contribution is -0.385. The Bertz CT molecular complexity index is 678. The molecule has 7 nitrogen and oxygen atoms in total. The smallest absolute Gasteiger partial charge is 0.273 e. The Labute approximate surface area is 121 Å². The molecule has 1 heterocycles. The van der Waals surface area contributed by atoms with Crippen LogP contribution in [0.2, 0.25) is 0 Å². The van der Waals surface area contributed by atoms with Crippen LogP contribution >= 0.6 is 12.2 Å². The number of aromatic nitrogens is 3. The van der Waals surface area contributed by atoms with Crippen molar-refractivity contribution in [2.75, 3.05) is 7.05 Å². The van der Waals surface area contributed by atoms with Crippen molar-refractivity contribution < 1.29 is 4.92 Å². The number of aryl methyl sites for hydroxylation is 1. The molecule has 0 saturated heterocycles. The van der Waals surface area contributed by atoms with Gasteiger partial charge in [0, 0.05) is 25.2 Å². The van der Waals surface area contributed by atoms with Gasteiger partial charge in [0.2, 0.25) is 0 Å². The lowest BCUT2D eigenvalue weighted by Crippen LogP contribution is -2.23. The summed E-state index contributed by atoms with van der Waals surface area (Å²) in [6, 6.07) is 6.72. The summed E-state index contributed by atoms with van der Waals surface area (Å²) in [5.74, 6) is 0. The van der Waals surface area contributed by atoms with E-state index >= 15 is 0 Å². The van der Waals surface area contributed by atoms with Crippen molar-refractivity contribution in [2.45, 2.75) is 13.2 Å². The van der Waals surface area contributed by atoms with Crippen LogP contribution in [0.25, 0.3) is 0 Å². The Kier molecular flexibility index (Phi) is 4.26. The predicted octanol–water partition coefficient (Wildman–Crippen LogP) is 1.95. The number of hydrogen-bond acceptors (Lipinski definition) is 5. The van der Waals surface area contributed by atoms with Crippen LogP contribution in [-0.4, -0.2) is 31.2 Å². The Morgan fingerprint density at radius 3 is 2.75 bits per heavy atom. The standard InChI is InChI=1S/C12H15N5O2S/c1-14(9-16-12(20)15(2)8-13-16)7-10-5-3-4-6-11(10)17(18)19/h3-6,8H,7,9H2,1-2H3. The molecule has 0 spiro atoms. The molecule has 0 atom stereocenters. The lowest BCUT2D eigenvalue weighted by Gasteiger charge is -2.16. The molecule has 1 aromatic heterocycles. The molecule has 2 aromatic rings. The molecular formula is C12H15N5O2S. The molecule has 2 rings (SSSR count). The zero-order valence-electron chi connectivity index (χ0n) is 11.3. The number of nitro benzene ring substituents is 1. The SMILES string of the molecule is CN(Cc1ccccc1[N+](=O)[O-])Cn1ncn(C)c1=S. The van der Waals surface area contributed by atoms with E-state index in [1.165, 1.54) is 6.07 Å². The molecule has 0 aliphatic rings. The monoisotopic (exact) mass is 293 g/mol. The van der Waals surface area contributed by atoms with Gasteiger partial charge in [-0.1, -0.05) is 18.2 Å². The first-order chi connectivity index (χ1) is 9.49. The van der Waals surface area contributed by atoms with E-state index in [1.54, 1.807) is 33.8 Å². The summed E-state index contributed by atoms with van der Waals surface area (Å²) in [5.41, 5.74) is 0.798. The molecule has 0 aliphatic heterocycles. The van der Waals surface area contributed by atoms with Crippen LogP contribution in [-0.2, 0) is 20.3 Å². The third-order valence-corrected chi connectivity index (χ3v) is 3.39. The van der Waals surface area contributed by atoms with Crippen molar-refractivity contribution in [3.05, 3.63) is 51.0 Å². The highest BCUT2D eigenvalue weighted by Crippen LogP contribution is 2.19. The van der Waals surface area contributed by atoms with Crippen LogP contribution in [0.4, 0.5) is 5.69 Å². The average Bonchev–Trinajstić information content (AvgIpc) is 2.71. The van der Waals surface area contributed by atoms with Crippen LogP contribution in [0.1, 0.15) is 5.56 Å². The highest BCUT2D eigenvalue weighted by Gasteiger charge is 2.14. The van der Waals surface area contributed by atoms with E-state index in [1.807, 2.05) is 19.0 Å². The minimum absolute atomic E-state index is 0.129. The van der Waals surface area contributed by atoms with Crippen LogP contribution in [0.15, 0.2) is 30.6 Å². The van der Waals surface area contributed by atoms with Gasteiger partial charge in [0.15, 0.2) is 4.77 Å². The highest BCUT2D eigenvalue weighted by molar-refractivity contribution is 7.71. The Morgan fingerprint density at radius 2 is 2.15 bits per heavy atom. The molecule has 20 heavy (non-hydrogen) atoms. The summed E-state index contributed by atoms with van der Waals surface area (Å²) >= 11 is 5.21. The Hall–Kier alpha value is -2.06. The fourth-order valence-electron chi connectivity index (χ4n) is 1.91. The van der Waals surface area contributed by atoms with Crippen molar-refractivity contribution >= 4 is 17.9 Å². The van der Waals surface area contributed by atoms with Crippen molar-refractivity contribution in [2.24, 2.45) is 7.05 Å². The molecule has 0 amide bonds. The summed E-state index contributed by atoms with van der Waals surface area (Å²) in [5, 5.41) is 15.1. The molecule has 0 bridgehead atoms. The summed E-state index contributed by atoms with van der Waals surface area (Å²) < 4.78 is 4.03. The largest absolute Gasteiger partial charge is 0.310 e. The zero-order chi connectivity index (χ0) is 14.7. The van der Waals surface area contributed by atoms with Gasteiger partial charge in [-0.3, -0.25) is 15.0 Å². The highest BCUT2D eigenvalue weighted by atomic mass is 32.1. The molecular weight excluding hydrogens is 278 g/mol. The second kappa shape index (κ2) is 5.93. The van der Waals surface area contributed by atoms with Gasteiger partial charge in [-0.05, 0) is 19.3 Å². The van der Waals surface area contributed by atoms with Gasteiger partial charge in [0.1, 0.15) is 6.33 Å². The van der Waals surface area contributed by atoms with E-state index in [0.717, 1.165) is 0 Å². The van der Waals surface area contributed by atoms with Crippen molar-refractivity contribution in [3.63, 3.8) is 0 Å². The van der Waals surface area contributed by atoms with Crippen LogP contribution in [0.5, 0.6) is 0 Å². The zero-order valence-corrected chi connectivity index (χ0v) is 12.1. The maximum atomic E-state index is 11.0. The second-order valence-corrected chi connectivity index (χ2v) is 4.93. The molecule has 0 N–H and O–H groups in total. The van der Waals surface area contributed by atoms with Gasteiger partial charge >= 0.3 is 0 Å². The molecule has 106 valence electrons. The summed E-state index contributed by atoms with van der Waals surface area (Å²) in [6.07, 6.45) is 1.64. The van der Waals surface area contributed by atoms with Crippen molar-refractivity contribution in [1.29, 1.82) is 0 Å². The number of benzene rings is 1. The first-order valence-electron chi connectivity index (χ1n) is 5.98. The van der Waals surface area contributed by atoms with Gasteiger partial charge in [0.05, 0.1) is 11.6 Å². The predicted molar refractivity (Wildman–Crippen MR) is 76.6 cm³/mol.